The minimum Gasteiger partial charge on any atom is -0.391 e. The van der Waals surface area contributed by atoms with E-state index in [1.54, 1.807) is 0 Å². The number of para-hydroxylation sites is 1. The van der Waals surface area contributed by atoms with Crippen molar-refractivity contribution in [2.75, 3.05) is 24.6 Å². The lowest BCUT2D eigenvalue weighted by Gasteiger charge is -2.32. The molecule has 0 amide bonds. The molecule has 0 aliphatic carbocycles. The first-order valence-electron chi connectivity index (χ1n) is 6.12. The first-order chi connectivity index (χ1) is 9.24. The second kappa shape index (κ2) is 5.07. The summed E-state index contributed by atoms with van der Waals surface area (Å²) >= 11 is 4.98. The third-order valence-corrected chi connectivity index (χ3v) is 3.41. The summed E-state index contributed by atoms with van der Waals surface area (Å²) in [5.41, 5.74) is 6.57. The van der Waals surface area contributed by atoms with Crippen LogP contribution in [-0.4, -0.2) is 40.8 Å². The zero-order chi connectivity index (χ0) is 13.2. The maximum atomic E-state index is 5.64. The Kier molecular flexibility index (Phi) is 3.27. The number of morpholine rings is 1. The molecule has 2 aromatic rings. The SMILES string of the molecule is NC(=S)C1CN(c2ncc3ccccc3n2)CCO1. The third kappa shape index (κ3) is 2.50. The minimum absolute atomic E-state index is 0.223. The molecule has 1 aromatic carbocycles. The Morgan fingerprint density at radius 2 is 2.26 bits per heavy atom. The number of hydrogen-bond donors (Lipinski definition) is 1. The van der Waals surface area contributed by atoms with Crippen molar-refractivity contribution in [3.05, 3.63) is 30.5 Å². The molecule has 1 unspecified atom stereocenters. The fraction of sp³-hybridized carbons (Fsp3) is 0.308. The highest BCUT2D eigenvalue weighted by molar-refractivity contribution is 7.80. The third-order valence-electron chi connectivity index (χ3n) is 3.14. The zero-order valence-corrected chi connectivity index (χ0v) is 11.1. The van der Waals surface area contributed by atoms with Crippen LogP contribution in [0.3, 0.4) is 0 Å². The largest absolute Gasteiger partial charge is 0.391 e. The van der Waals surface area contributed by atoms with Gasteiger partial charge in [-0.2, -0.15) is 0 Å². The second-order valence-corrected chi connectivity index (χ2v) is 4.91. The molecule has 6 heteroatoms. The summed E-state index contributed by atoms with van der Waals surface area (Å²) in [5.74, 6) is 0.697. The van der Waals surface area contributed by atoms with E-state index in [0.717, 1.165) is 17.4 Å². The molecule has 3 rings (SSSR count). The summed E-state index contributed by atoms with van der Waals surface area (Å²) in [5, 5.41) is 1.03. The Hall–Kier alpha value is -1.79. The van der Waals surface area contributed by atoms with Gasteiger partial charge in [0.25, 0.3) is 0 Å². The molecular formula is C13H14N4OS. The number of ether oxygens (including phenoxy) is 1. The molecule has 1 atom stereocenters. The van der Waals surface area contributed by atoms with Crippen molar-refractivity contribution in [2.45, 2.75) is 6.10 Å². The maximum absolute atomic E-state index is 5.64. The van der Waals surface area contributed by atoms with E-state index in [1.807, 2.05) is 30.5 Å². The summed E-state index contributed by atoms with van der Waals surface area (Å²) in [6.45, 7) is 1.93. The lowest BCUT2D eigenvalue weighted by molar-refractivity contribution is 0.0841. The average molecular weight is 274 g/mol. The van der Waals surface area contributed by atoms with E-state index in [4.69, 9.17) is 22.7 Å². The van der Waals surface area contributed by atoms with Crippen LogP contribution in [-0.2, 0) is 4.74 Å². The van der Waals surface area contributed by atoms with E-state index in [0.29, 0.717) is 24.1 Å². The molecule has 0 spiro atoms. The van der Waals surface area contributed by atoms with Gasteiger partial charge in [0.15, 0.2) is 0 Å². The van der Waals surface area contributed by atoms with Gasteiger partial charge < -0.3 is 15.4 Å². The predicted octanol–water partition coefficient (Wildman–Crippen LogP) is 1.12. The first-order valence-corrected chi connectivity index (χ1v) is 6.52. The van der Waals surface area contributed by atoms with E-state index in [9.17, 15) is 0 Å². The molecule has 19 heavy (non-hydrogen) atoms. The zero-order valence-electron chi connectivity index (χ0n) is 10.3. The Bertz CT molecular complexity index is 618. The van der Waals surface area contributed by atoms with Gasteiger partial charge in [-0.3, -0.25) is 0 Å². The van der Waals surface area contributed by atoms with Crippen LogP contribution in [0.25, 0.3) is 10.9 Å². The van der Waals surface area contributed by atoms with Crippen molar-refractivity contribution < 1.29 is 4.74 Å². The summed E-state index contributed by atoms with van der Waals surface area (Å²) in [6.07, 6.45) is 1.61. The number of nitrogens with two attached hydrogens (primary N) is 1. The standard InChI is InChI=1S/C13H14N4OS/c14-12(19)11-8-17(5-6-18-11)13-15-7-9-3-1-2-4-10(9)16-13/h1-4,7,11H,5-6,8H2,(H2,14,19). The van der Waals surface area contributed by atoms with Crippen molar-refractivity contribution in [3.8, 4) is 0 Å². The molecule has 1 aliphatic rings. The second-order valence-electron chi connectivity index (χ2n) is 4.44. The van der Waals surface area contributed by atoms with E-state index in [2.05, 4.69) is 14.9 Å². The Morgan fingerprint density at radius 3 is 3.11 bits per heavy atom. The lowest BCUT2D eigenvalue weighted by Crippen LogP contribution is -2.48. The van der Waals surface area contributed by atoms with E-state index < -0.39 is 0 Å². The number of nitrogens with zero attached hydrogens (tertiary/aromatic N) is 3. The fourth-order valence-corrected chi connectivity index (χ4v) is 2.26. The Balaban J connectivity index is 1.89. The highest BCUT2D eigenvalue weighted by Crippen LogP contribution is 2.17. The molecule has 1 saturated heterocycles. The number of aromatic nitrogens is 2. The smallest absolute Gasteiger partial charge is 0.226 e. The molecule has 5 nitrogen and oxygen atoms in total. The van der Waals surface area contributed by atoms with Crippen molar-refractivity contribution in [1.29, 1.82) is 0 Å². The van der Waals surface area contributed by atoms with Crippen molar-refractivity contribution >= 4 is 34.1 Å². The summed E-state index contributed by atoms with van der Waals surface area (Å²) < 4.78 is 5.52. The van der Waals surface area contributed by atoms with Crippen molar-refractivity contribution in [1.82, 2.24) is 9.97 Å². The van der Waals surface area contributed by atoms with Gasteiger partial charge >= 0.3 is 0 Å². The Morgan fingerprint density at radius 1 is 1.42 bits per heavy atom. The molecule has 1 aromatic heterocycles. The normalized spacial score (nSPS) is 19.6. The Labute approximate surface area is 116 Å². The average Bonchev–Trinajstić information content (AvgIpc) is 2.47. The van der Waals surface area contributed by atoms with E-state index in [1.165, 1.54) is 0 Å². The van der Waals surface area contributed by atoms with Gasteiger partial charge in [-0.1, -0.05) is 30.4 Å². The highest BCUT2D eigenvalue weighted by Gasteiger charge is 2.24. The maximum Gasteiger partial charge on any atom is 0.226 e. The lowest BCUT2D eigenvalue weighted by atomic mass is 10.2. The van der Waals surface area contributed by atoms with Crippen LogP contribution in [0.1, 0.15) is 0 Å². The molecule has 0 radical (unpaired) electrons. The van der Waals surface area contributed by atoms with Crippen LogP contribution in [0.5, 0.6) is 0 Å². The van der Waals surface area contributed by atoms with Gasteiger partial charge in [-0.05, 0) is 6.07 Å². The number of rotatable bonds is 2. The number of hydrogen-bond acceptors (Lipinski definition) is 5. The van der Waals surface area contributed by atoms with E-state index in [-0.39, 0.29) is 6.10 Å². The number of thiocarbonyl (C=S) groups is 1. The summed E-state index contributed by atoms with van der Waals surface area (Å²) in [6, 6.07) is 7.92. The van der Waals surface area contributed by atoms with Crippen LogP contribution < -0.4 is 10.6 Å². The van der Waals surface area contributed by atoms with Gasteiger partial charge in [-0.15, -0.1) is 0 Å². The molecule has 2 N–H and O–H groups in total. The predicted molar refractivity (Wildman–Crippen MR) is 78.3 cm³/mol. The fourth-order valence-electron chi connectivity index (χ4n) is 2.12. The summed E-state index contributed by atoms with van der Waals surface area (Å²) in [7, 11) is 0. The van der Waals surface area contributed by atoms with Crippen LogP contribution in [0, 0.1) is 0 Å². The quantitative estimate of drug-likeness (QED) is 0.828. The highest BCUT2D eigenvalue weighted by atomic mass is 32.1. The molecule has 1 aliphatic heterocycles. The topological polar surface area (TPSA) is 64.3 Å². The van der Waals surface area contributed by atoms with E-state index >= 15 is 0 Å². The van der Waals surface area contributed by atoms with Crippen molar-refractivity contribution in [3.63, 3.8) is 0 Å². The molecule has 1 fully saturated rings. The van der Waals surface area contributed by atoms with Crippen LogP contribution in [0.2, 0.25) is 0 Å². The number of fused-ring (bicyclic) bond motifs is 1. The monoisotopic (exact) mass is 274 g/mol. The van der Waals surface area contributed by atoms with Gasteiger partial charge in [0, 0.05) is 18.1 Å². The van der Waals surface area contributed by atoms with Crippen LogP contribution >= 0.6 is 12.2 Å². The first kappa shape index (κ1) is 12.3. The summed E-state index contributed by atoms with van der Waals surface area (Å²) in [4.78, 5) is 11.4. The molecular weight excluding hydrogens is 260 g/mol. The van der Waals surface area contributed by atoms with Crippen LogP contribution in [0.4, 0.5) is 5.95 Å². The number of anilines is 1. The molecule has 2 heterocycles. The van der Waals surface area contributed by atoms with Gasteiger partial charge in [-0.25, -0.2) is 9.97 Å². The minimum atomic E-state index is -0.223. The molecule has 0 bridgehead atoms. The van der Waals surface area contributed by atoms with Gasteiger partial charge in [0.2, 0.25) is 5.95 Å². The van der Waals surface area contributed by atoms with Gasteiger partial charge in [0.05, 0.1) is 18.7 Å². The molecule has 98 valence electrons. The molecule has 0 saturated carbocycles. The number of benzene rings is 1. The van der Waals surface area contributed by atoms with Crippen LogP contribution in [0.15, 0.2) is 30.5 Å². The van der Waals surface area contributed by atoms with Gasteiger partial charge in [0.1, 0.15) is 11.1 Å². The van der Waals surface area contributed by atoms with Crippen molar-refractivity contribution in [2.24, 2.45) is 5.73 Å².